The lowest BCUT2D eigenvalue weighted by atomic mass is 10.2. The van der Waals surface area contributed by atoms with Crippen molar-refractivity contribution in [3.05, 3.63) is 59.9 Å². The summed E-state index contributed by atoms with van der Waals surface area (Å²) >= 11 is 0. The van der Waals surface area contributed by atoms with Crippen LogP contribution in [0.15, 0.2) is 53.7 Å². The van der Waals surface area contributed by atoms with Crippen LogP contribution < -0.4 is 15.5 Å². The quantitative estimate of drug-likeness (QED) is 0.463. The van der Waals surface area contributed by atoms with Crippen LogP contribution in [0.4, 0.5) is 5.69 Å². The van der Waals surface area contributed by atoms with Crippen LogP contribution in [0.25, 0.3) is 0 Å². The zero-order valence-corrected chi connectivity index (χ0v) is 18.6. The van der Waals surface area contributed by atoms with Crippen LogP contribution in [0.3, 0.4) is 0 Å². The topological polar surface area (TPSA) is 72.9 Å². The largest absolute Gasteiger partial charge is 0.370 e. The van der Waals surface area contributed by atoms with Gasteiger partial charge in [-0.2, -0.15) is 0 Å². The molecule has 0 saturated heterocycles. The number of guanidine groups is 1. The Bertz CT molecular complexity index is 808. The Balaban J connectivity index is 1.72. The van der Waals surface area contributed by atoms with Gasteiger partial charge in [-0.05, 0) is 43.7 Å². The summed E-state index contributed by atoms with van der Waals surface area (Å²) in [6.07, 6.45) is 2.51. The fraction of sp³-hybridized carbons (Fsp3) is 0.435. The molecule has 7 nitrogen and oxygen atoms in total. The average Bonchev–Trinajstić information content (AvgIpc) is 2.77. The first-order chi connectivity index (χ1) is 14.5. The van der Waals surface area contributed by atoms with Crippen molar-refractivity contribution in [2.75, 3.05) is 51.7 Å². The summed E-state index contributed by atoms with van der Waals surface area (Å²) in [6.45, 7) is 7.58. The van der Waals surface area contributed by atoms with E-state index in [4.69, 9.17) is 0 Å². The predicted octanol–water partition coefficient (Wildman–Crippen LogP) is 2.08. The van der Waals surface area contributed by atoms with E-state index in [1.165, 1.54) is 11.3 Å². The van der Waals surface area contributed by atoms with Crippen molar-refractivity contribution < 1.29 is 4.79 Å². The number of benzene rings is 1. The summed E-state index contributed by atoms with van der Waals surface area (Å²) in [6, 6.07) is 14.3. The van der Waals surface area contributed by atoms with E-state index in [0.717, 1.165) is 31.7 Å². The number of hydrogen-bond acceptors (Lipinski definition) is 4. The van der Waals surface area contributed by atoms with Gasteiger partial charge < -0.3 is 20.4 Å². The van der Waals surface area contributed by atoms with Crippen LogP contribution in [0, 0.1) is 6.92 Å². The molecule has 0 bridgehead atoms. The standard InChI is InChI=1S/C23H34N6O/c1-5-29(21-11-8-9-19(2)17-21)16-14-26-23(24-3)27-18-22(30)28(4)15-12-20-10-6-7-13-25-20/h6-11,13,17H,5,12,14-16,18H2,1-4H3,(H2,24,26,27). The molecule has 0 radical (unpaired) electrons. The van der Waals surface area contributed by atoms with Crippen molar-refractivity contribution in [1.82, 2.24) is 20.5 Å². The molecule has 2 aromatic rings. The van der Waals surface area contributed by atoms with Gasteiger partial charge in [0.2, 0.25) is 5.91 Å². The van der Waals surface area contributed by atoms with Gasteiger partial charge in [-0.25, -0.2) is 0 Å². The molecule has 7 heteroatoms. The number of amides is 1. The third-order valence-corrected chi connectivity index (χ3v) is 4.91. The number of anilines is 1. The van der Waals surface area contributed by atoms with Crippen LogP contribution in [0.2, 0.25) is 0 Å². The minimum Gasteiger partial charge on any atom is -0.370 e. The highest BCUT2D eigenvalue weighted by molar-refractivity contribution is 5.86. The normalized spacial score (nSPS) is 11.1. The maximum absolute atomic E-state index is 12.4. The van der Waals surface area contributed by atoms with Crippen molar-refractivity contribution in [1.29, 1.82) is 0 Å². The summed E-state index contributed by atoms with van der Waals surface area (Å²) in [5.41, 5.74) is 3.45. The van der Waals surface area contributed by atoms with Gasteiger partial charge in [-0.3, -0.25) is 14.8 Å². The van der Waals surface area contributed by atoms with Crippen molar-refractivity contribution in [3.8, 4) is 0 Å². The summed E-state index contributed by atoms with van der Waals surface area (Å²) in [7, 11) is 3.52. The zero-order valence-electron chi connectivity index (χ0n) is 18.6. The van der Waals surface area contributed by atoms with Gasteiger partial charge in [0.05, 0.1) is 6.54 Å². The second kappa shape index (κ2) is 12.5. The Morgan fingerprint density at radius 1 is 1.13 bits per heavy atom. The van der Waals surface area contributed by atoms with E-state index < -0.39 is 0 Å². The highest BCUT2D eigenvalue weighted by Gasteiger charge is 2.10. The molecule has 2 N–H and O–H groups in total. The SMILES string of the molecule is CCN(CCNC(=NC)NCC(=O)N(C)CCc1ccccn1)c1cccc(C)c1. The summed E-state index contributed by atoms with van der Waals surface area (Å²) in [5.74, 6) is 0.644. The van der Waals surface area contributed by atoms with E-state index in [1.807, 2.05) is 25.2 Å². The molecule has 162 valence electrons. The summed E-state index contributed by atoms with van der Waals surface area (Å²) in [5, 5.41) is 6.39. The van der Waals surface area contributed by atoms with E-state index in [1.54, 1.807) is 18.1 Å². The lowest BCUT2D eigenvalue weighted by Gasteiger charge is -2.24. The number of aryl methyl sites for hydroxylation is 1. The Morgan fingerprint density at radius 2 is 1.97 bits per heavy atom. The number of nitrogens with zero attached hydrogens (tertiary/aromatic N) is 4. The predicted molar refractivity (Wildman–Crippen MR) is 124 cm³/mol. The smallest absolute Gasteiger partial charge is 0.241 e. The second-order valence-corrected chi connectivity index (χ2v) is 7.16. The van der Waals surface area contributed by atoms with Gasteiger partial charge in [0.25, 0.3) is 0 Å². The molecule has 0 aliphatic rings. The van der Waals surface area contributed by atoms with Gasteiger partial charge in [0.1, 0.15) is 0 Å². The molecule has 2 rings (SSSR count). The number of aromatic nitrogens is 1. The minimum absolute atomic E-state index is 0.0174. The van der Waals surface area contributed by atoms with E-state index in [0.29, 0.717) is 12.5 Å². The van der Waals surface area contributed by atoms with Crippen LogP contribution >= 0.6 is 0 Å². The summed E-state index contributed by atoms with van der Waals surface area (Å²) in [4.78, 5) is 24.9. The molecule has 30 heavy (non-hydrogen) atoms. The maximum Gasteiger partial charge on any atom is 0.241 e. The molecule has 1 amide bonds. The second-order valence-electron chi connectivity index (χ2n) is 7.16. The number of hydrogen-bond donors (Lipinski definition) is 2. The highest BCUT2D eigenvalue weighted by Crippen LogP contribution is 2.14. The van der Waals surface area contributed by atoms with Gasteiger partial charge in [0.15, 0.2) is 5.96 Å². The van der Waals surface area contributed by atoms with Gasteiger partial charge in [-0.15, -0.1) is 0 Å². The highest BCUT2D eigenvalue weighted by atomic mass is 16.2. The molecule has 1 aromatic heterocycles. The lowest BCUT2D eigenvalue weighted by molar-refractivity contribution is -0.128. The first kappa shape index (κ1) is 23.2. The van der Waals surface area contributed by atoms with E-state index in [-0.39, 0.29) is 12.5 Å². The van der Waals surface area contributed by atoms with Crippen LogP contribution in [0.1, 0.15) is 18.2 Å². The van der Waals surface area contributed by atoms with Crippen molar-refractivity contribution in [3.63, 3.8) is 0 Å². The molecule has 0 spiro atoms. The molecule has 0 aliphatic heterocycles. The molecular formula is C23H34N6O. The zero-order chi connectivity index (χ0) is 21.8. The first-order valence-electron chi connectivity index (χ1n) is 10.4. The monoisotopic (exact) mass is 410 g/mol. The number of aliphatic imine (C=N–C) groups is 1. The van der Waals surface area contributed by atoms with E-state index >= 15 is 0 Å². The lowest BCUT2D eigenvalue weighted by Crippen LogP contribution is -2.45. The van der Waals surface area contributed by atoms with Gasteiger partial charge in [-0.1, -0.05) is 18.2 Å². The van der Waals surface area contributed by atoms with Gasteiger partial charge >= 0.3 is 0 Å². The third-order valence-electron chi connectivity index (χ3n) is 4.91. The number of carbonyl (C=O) groups excluding carboxylic acids is 1. The van der Waals surface area contributed by atoms with Crippen molar-refractivity contribution >= 4 is 17.6 Å². The fourth-order valence-electron chi connectivity index (χ4n) is 3.07. The minimum atomic E-state index is 0.0174. The molecule has 0 saturated carbocycles. The Kier molecular flexibility index (Phi) is 9.64. The number of pyridine rings is 1. The molecule has 0 atom stereocenters. The molecule has 1 aromatic carbocycles. The van der Waals surface area contributed by atoms with Crippen LogP contribution in [0.5, 0.6) is 0 Å². The molecule has 0 unspecified atom stereocenters. The Labute approximate surface area is 180 Å². The number of carbonyl (C=O) groups is 1. The maximum atomic E-state index is 12.4. The number of nitrogens with one attached hydrogen (secondary N) is 2. The first-order valence-corrected chi connectivity index (χ1v) is 10.4. The van der Waals surface area contributed by atoms with Crippen LogP contribution in [-0.2, 0) is 11.2 Å². The number of likely N-dealkylation sites (N-methyl/N-ethyl adjacent to an activating group) is 2. The molecular weight excluding hydrogens is 376 g/mol. The average molecular weight is 411 g/mol. The van der Waals surface area contributed by atoms with Crippen molar-refractivity contribution in [2.24, 2.45) is 4.99 Å². The van der Waals surface area contributed by atoms with E-state index in [2.05, 4.69) is 63.6 Å². The summed E-state index contributed by atoms with van der Waals surface area (Å²) < 4.78 is 0. The third kappa shape index (κ3) is 7.73. The fourth-order valence-corrected chi connectivity index (χ4v) is 3.07. The Morgan fingerprint density at radius 3 is 2.63 bits per heavy atom. The van der Waals surface area contributed by atoms with Gasteiger partial charge in [0, 0.05) is 64.3 Å². The van der Waals surface area contributed by atoms with E-state index in [9.17, 15) is 4.79 Å². The Hall–Kier alpha value is -3.09. The molecule has 0 aliphatic carbocycles. The number of rotatable bonds is 10. The van der Waals surface area contributed by atoms with Crippen LogP contribution in [-0.4, -0.2) is 68.6 Å². The molecule has 0 fully saturated rings. The van der Waals surface area contributed by atoms with Crippen molar-refractivity contribution in [2.45, 2.75) is 20.3 Å². The molecule has 1 heterocycles.